The van der Waals surface area contributed by atoms with Crippen LogP contribution in [0.5, 0.6) is 0 Å². The van der Waals surface area contributed by atoms with E-state index in [0.29, 0.717) is 18.0 Å². The van der Waals surface area contributed by atoms with Gasteiger partial charge < -0.3 is 5.73 Å². The van der Waals surface area contributed by atoms with Crippen LogP contribution >= 0.6 is 11.3 Å². The molecule has 23 heavy (non-hydrogen) atoms. The van der Waals surface area contributed by atoms with E-state index in [1.54, 1.807) is 6.20 Å². The smallest absolute Gasteiger partial charge is 0.180 e. The maximum atomic E-state index is 13.7. The van der Waals surface area contributed by atoms with E-state index in [1.807, 2.05) is 0 Å². The quantitative estimate of drug-likeness (QED) is 0.871. The molecular weight excluding hydrogens is 320 g/mol. The number of nitrogens with zero attached hydrogens (tertiary/aromatic N) is 2. The molecule has 2 N–H and O–H groups in total. The third kappa shape index (κ3) is 3.73. The first-order valence-electron chi connectivity index (χ1n) is 7.44. The van der Waals surface area contributed by atoms with Gasteiger partial charge in [0.1, 0.15) is 11.6 Å². The van der Waals surface area contributed by atoms with E-state index in [2.05, 4.69) is 9.88 Å². The van der Waals surface area contributed by atoms with Gasteiger partial charge in [0.25, 0.3) is 0 Å². The fraction of sp³-hybridized carbons (Fsp3) is 0.375. The van der Waals surface area contributed by atoms with Crippen LogP contribution < -0.4 is 5.73 Å². The molecule has 1 aliphatic rings. The lowest BCUT2D eigenvalue weighted by atomic mass is 9.88. The SMILES string of the molecule is Nc1ncc(CN2CCC(C(=O)c3cc(F)ccc3F)CC2)s1. The van der Waals surface area contributed by atoms with Crippen molar-refractivity contribution in [1.29, 1.82) is 0 Å². The Balaban J connectivity index is 1.60. The normalized spacial score (nSPS) is 16.6. The van der Waals surface area contributed by atoms with Gasteiger partial charge in [-0.3, -0.25) is 9.69 Å². The number of Topliss-reactive ketones (excluding diaryl/α,β-unsaturated/α-hetero) is 1. The lowest BCUT2D eigenvalue weighted by Crippen LogP contribution is -2.36. The minimum Gasteiger partial charge on any atom is -0.375 e. The van der Waals surface area contributed by atoms with Crippen molar-refractivity contribution in [2.45, 2.75) is 19.4 Å². The largest absolute Gasteiger partial charge is 0.375 e. The summed E-state index contributed by atoms with van der Waals surface area (Å²) in [5.41, 5.74) is 5.47. The standard InChI is InChI=1S/C16H17F2N3OS/c17-11-1-2-14(18)13(7-11)15(22)10-3-5-21(6-4-10)9-12-8-20-16(19)23-12/h1-2,7-8,10H,3-6,9H2,(H2,19,20). The molecule has 0 saturated carbocycles. The molecule has 0 radical (unpaired) electrons. The lowest BCUT2D eigenvalue weighted by Gasteiger charge is -2.30. The molecule has 1 aromatic carbocycles. The van der Waals surface area contributed by atoms with Crippen LogP contribution in [-0.2, 0) is 6.54 Å². The maximum absolute atomic E-state index is 13.7. The predicted octanol–water partition coefficient (Wildman–Crippen LogP) is 3.10. The van der Waals surface area contributed by atoms with E-state index in [1.165, 1.54) is 11.3 Å². The van der Waals surface area contributed by atoms with Gasteiger partial charge in [-0.05, 0) is 44.1 Å². The number of nitrogens with two attached hydrogens (primary N) is 1. The Morgan fingerprint density at radius 2 is 2.09 bits per heavy atom. The van der Waals surface area contributed by atoms with Gasteiger partial charge in [-0.1, -0.05) is 0 Å². The highest BCUT2D eigenvalue weighted by molar-refractivity contribution is 7.15. The Morgan fingerprint density at radius 1 is 1.35 bits per heavy atom. The number of hydrogen-bond acceptors (Lipinski definition) is 5. The highest BCUT2D eigenvalue weighted by Crippen LogP contribution is 2.25. The first-order valence-corrected chi connectivity index (χ1v) is 8.26. The summed E-state index contributed by atoms with van der Waals surface area (Å²) in [6.07, 6.45) is 3.05. The number of rotatable bonds is 4. The van der Waals surface area contributed by atoms with Gasteiger partial charge in [0.2, 0.25) is 0 Å². The van der Waals surface area contributed by atoms with E-state index >= 15 is 0 Å². The van der Waals surface area contributed by atoms with Gasteiger partial charge in [0.15, 0.2) is 10.9 Å². The van der Waals surface area contributed by atoms with Crippen molar-refractivity contribution in [3.8, 4) is 0 Å². The summed E-state index contributed by atoms with van der Waals surface area (Å²) < 4.78 is 27.0. The number of likely N-dealkylation sites (tertiary alicyclic amines) is 1. The van der Waals surface area contributed by atoms with Crippen LogP contribution in [0.25, 0.3) is 0 Å². The number of piperidine rings is 1. The average molecular weight is 337 g/mol. The molecule has 0 aliphatic carbocycles. The van der Waals surface area contributed by atoms with Crippen molar-refractivity contribution in [1.82, 2.24) is 9.88 Å². The number of carbonyl (C=O) groups excluding carboxylic acids is 1. The van der Waals surface area contributed by atoms with Gasteiger partial charge in [0, 0.05) is 23.5 Å². The summed E-state index contributed by atoms with van der Waals surface area (Å²) in [4.78, 5) is 19.7. The molecule has 2 aromatic rings. The van der Waals surface area contributed by atoms with Crippen molar-refractivity contribution in [2.24, 2.45) is 5.92 Å². The zero-order valence-corrected chi connectivity index (χ0v) is 13.3. The van der Waals surface area contributed by atoms with Crippen LogP contribution in [0.1, 0.15) is 28.1 Å². The highest BCUT2D eigenvalue weighted by atomic mass is 32.1. The third-order valence-corrected chi connectivity index (χ3v) is 4.91. The number of nitrogen functional groups attached to an aromatic ring is 1. The predicted molar refractivity (Wildman–Crippen MR) is 85.2 cm³/mol. The Kier molecular flexibility index (Phi) is 4.68. The molecule has 122 valence electrons. The van der Waals surface area contributed by atoms with Crippen molar-refractivity contribution < 1.29 is 13.6 Å². The van der Waals surface area contributed by atoms with Crippen molar-refractivity contribution in [3.63, 3.8) is 0 Å². The van der Waals surface area contributed by atoms with Crippen molar-refractivity contribution >= 4 is 22.3 Å². The lowest BCUT2D eigenvalue weighted by molar-refractivity contribution is 0.0831. The molecule has 3 rings (SSSR count). The zero-order chi connectivity index (χ0) is 16.4. The summed E-state index contributed by atoms with van der Waals surface area (Å²) in [5.74, 6) is -1.80. The molecule has 0 bridgehead atoms. The molecule has 0 spiro atoms. The number of anilines is 1. The Hall–Kier alpha value is -1.86. The van der Waals surface area contributed by atoms with E-state index in [9.17, 15) is 13.6 Å². The fourth-order valence-electron chi connectivity index (χ4n) is 2.88. The highest BCUT2D eigenvalue weighted by Gasteiger charge is 2.27. The molecule has 1 aliphatic heterocycles. The van der Waals surface area contributed by atoms with Crippen molar-refractivity contribution in [3.05, 3.63) is 46.5 Å². The van der Waals surface area contributed by atoms with E-state index < -0.39 is 11.6 Å². The number of carbonyl (C=O) groups is 1. The number of aromatic nitrogens is 1. The van der Waals surface area contributed by atoms with Gasteiger partial charge in [-0.15, -0.1) is 11.3 Å². The van der Waals surface area contributed by atoms with Gasteiger partial charge in [0.05, 0.1) is 5.56 Å². The van der Waals surface area contributed by atoms with E-state index in [4.69, 9.17) is 5.73 Å². The Morgan fingerprint density at radius 3 is 2.74 bits per heavy atom. The second-order valence-electron chi connectivity index (χ2n) is 5.70. The molecule has 0 amide bonds. The maximum Gasteiger partial charge on any atom is 0.180 e. The van der Waals surface area contributed by atoms with Crippen LogP contribution in [0, 0.1) is 17.6 Å². The molecule has 0 unspecified atom stereocenters. The minimum atomic E-state index is -0.654. The van der Waals surface area contributed by atoms with Crippen LogP contribution in [-0.4, -0.2) is 28.8 Å². The first kappa shape index (κ1) is 16.0. The minimum absolute atomic E-state index is 0.140. The average Bonchev–Trinajstić information content (AvgIpc) is 2.95. The molecule has 0 atom stereocenters. The Bertz CT molecular complexity index is 711. The Labute approximate surface area is 136 Å². The summed E-state index contributed by atoms with van der Waals surface area (Å²) in [6, 6.07) is 3.02. The molecular formula is C16H17F2N3OS. The number of ketones is 1. The monoisotopic (exact) mass is 337 g/mol. The summed E-state index contributed by atoms with van der Waals surface area (Å²) in [5, 5.41) is 0.548. The first-order chi connectivity index (χ1) is 11.0. The van der Waals surface area contributed by atoms with Gasteiger partial charge >= 0.3 is 0 Å². The van der Waals surface area contributed by atoms with E-state index in [0.717, 1.165) is 42.7 Å². The summed E-state index contributed by atoms with van der Waals surface area (Å²) in [7, 11) is 0. The van der Waals surface area contributed by atoms with Crippen LogP contribution in [0.3, 0.4) is 0 Å². The second kappa shape index (κ2) is 6.72. The molecule has 1 fully saturated rings. The molecule has 2 heterocycles. The van der Waals surface area contributed by atoms with Crippen LogP contribution in [0.4, 0.5) is 13.9 Å². The second-order valence-corrected chi connectivity index (χ2v) is 6.85. The summed E-state index contributed by atoms with van der Waals surface area (Å²) in [6.45, 7) is 2.24. The fourth-order valence-corrected chi connectivity index (χ4v) is 3.60. The number of thiazole rings is 1. The molecule has 7 heteroatoms. The summed E-state index contributed by atoms with van der Waals surface area (Å²) >= 11 is 1.46. The topological polar surface area (TPSA) is 59.2 Å². The van der Waals surface area contributed by atoms with Gasteiger partial charge in [-0.2, -0.15) is 0 Å². The van der Waals surface area contributed by atoms with Gasteiger partial charge in [-0.25, -0.2) is 13.8 Å². The molecule has 1 aromatic heterocycles. The molecule has 4 nitrogen and oxygen atoms in total. The van der Waals surface area contributed by atoms with Crippen LogP contribution in [0.15, 0.2) is 24.4 Å². The number of hydrogen-bond donors (Lipinski definition) is 1. The number of halogens is 2. The van der Waals surface area contributed by atoms with Crippen molar-refractivity contribution in [2.75, 3.05) is 18.8 Å². The zero-order valence-electron chi connectivity index (χ0n) is 12.5. The molecule has 1 saturated heterocycles. The number of benzene rings is 1. The van der Waals surface area contributed by atoms with Crippen LogP contribution in [0.2, 0.25) is 0 Å². The third-order valence-electron chi connectivity index (χ3n) is 4.10. The van der Waals surface area contributed by atoms with E-state index in [-0.39, 0.29) is 17.3 Å².